The molecule has 1 saturated heterocycles. The highest BCUT2D eigenvalue weighted by Crippen LogP contribution is 2.33. The van der Waals surface area contributed by atoms with Gasteiger partial charge >= 0.3 is 0 Å². The van der Waals surface area contributed by atoms with Crippen molar-refractivity contribution >= 4 is 23.6 Å². The first kappa shape index (κ1) is 16.3. The summed E-state index contributed by atoms with van der Waals surface area (Å²) in [4.78, 5) is 26.0. The van der Waals surface area contributed by atoms with Crippen molar-refractivity contribution in [2.45, 2.75) is 51.3 Å². The zero-order valence-corrected chi connectivity index (χ0v) is 13.5. The number of carbonyl (C=O) groups excluding carboxylic acids is 2. The standard InChI is InChI=1S/C14H26N2O2S/c1-6-14(7-2,19-5)9-16-11(17)8-15-13(18)12(16)10(3)4/h10,12H,6-9H2,1-5H3,(H,15,18). The number of hydrogen-bond donors (Lipinski definition) is 1. The van der Waals surface area contributed by atoms with E-state index in [4.69, 9.17) is 0 Å². The van der Waals surface area contributed by atoms with Crippen molar-refractivity contribution < 1.29 is 9.59 Å². The van der Waals surface area contributed by atoms with Gasteiger partial charge in [-0.05, 0) is 25.0 Å². The molecule has 1 aliphatic rings. The molecule has 1 atom stereocenters. The molecule has 19 heavy (non-hydrogen) atoms. The highest BCUT2D eigenvalue weighted by Gasteiger charge is 2.40. The molecule has 0 aromatic rings. The first-order valence-electron chi connectivity index (χ1n) is 7.03. The average molecular weight is 286 g/mol. The van der Waals surface area contributed by atoms with Gasteiger partial charge in [0.15, 0.2) is 0 Å². The van der Waals surface area contributed by atoms with Gasteiger partial charge in [-0.3, -0.25) is 9.59 Å². The van der Waals surface area contributed by atoms with E-state index >= 15 is 0 Å². The molecule has 0 radical (unpaired) electrons. The predicted octanol–water partition coefficient (Wildman–Crippen LogP) is 1.89. The van der Waals surface area contributed by atoms with Crippen LogP contribution in [0.15, 0.2) is 0 Å². The van der Waals surface area contributed by atoms with Crippen LogP contribution in [-0.2, 0) is 9.59 Å². The van der Waals surface area contributed by atoms with Gasteiger partial charge in [-0.25, -0.2) is 0 Å². The number of amides is 2. The van der Waals surface area contributed by atoms with Gasteiger partial charge in [-0.2, -0.15) is 11.8 Å². The Labute approximate surface area is 120 Å². The van der Waals surface area contributed by atoms with Crippen LogP contribution in [0.1, 0.15) is 40.5 Å². The Morgan fingerprint density at radius 3 is 2.37 bits per heavy atom. The molecular formula is C14H26N2O2S. The molecular weight excluding hydrogens is 260 g/mol. The molecule has 0 aromatic heterocycles. The van der Waals surface area contributed by atoms with Gasteiger partial charge in [-0.15, -0.1) is 0 Å². The lowest BCUT2D eigenvalue weighted by Gasteiger charge is -2.43. The minimum absolute atomic E-state index is 0.0168. The molecule has 1 N–H and O–H groups in total. The number of carbonyl (C=O) groups is 2. The lowest BCUT2D eigenvalue weighted by molar-refractivity contribution is -0.147. The minimum atomic E-state index is -0.328. The van der Waals surface area contributed by atoms with Crippen LogP contribution in [0.25, 0.3) is 0 Å². The third kappa shape index (κ3) is 3.44. The number of rotatable bonds is 6. The zero-order valence-electron chi connectivity index (χ0n) is 12.7. The zero-order chi connectivity index (χ0) is 14.6. The van der Waals surface area contributed by atoms with E-state index in [-0.39, 0.29) is 35.1 Å². The molecule has 0 saturated carbocycles. The van der Waals surface area contributed by atoms with E-state index in [1.165, 1.54) is 0 Å². The molecule has 2 amide bonds. The molecule has 110 valence electrons. The third-order valence-electron chi connectivity index (χ3n) is 4.15. The fourth-order valence-electron chi connectivity index (χ4n) is 2.65. The van der Waals surface area contributed by atoms with Gasteiger partial charge in [-0.1, -0.05) is 27.7 Å². The number of nitrogens with one attached hydrogen (secondary N) is 1. The van der Waals surface area contributed by atoms with Gasteiger partial charge in [0.25, 0.3) is 0 Å². The fourth-order valence-corrected chi connectivity index (χ4v) is 3.50. The molecule has 1 fully saturated rings. The summed E-state index contributed by atoms with van der Waals surface area (Å²) < 4.78 is 0.0560. The molecule has 0 spiro atoms. The summed E-state index contributed by atoms with van der Waals surface area (Å²) in [5.41, 5.74) is 0. The van der Waals surface area contributed by atoms with Gasteiger partial charge in [0, 0.05) is 11.3 Å². The Morgan fingerprint density at radius 1 is 1.37 bits per heavy atom. The summed E-state index contributed by atoms with van der Waals surface area (Å²) >= 11 is 1.80. The molecule has 4 nitrogen and oxygen atoms in total. The predicted molar refractivity (Wildman–Crippen MR) is 80.2 cm³/mol. The molecule has 0 bridgehead atoms. The Kier molecular flexibility index (Phi) is 5.71. The average Bonchev–Trinajstić information content (AvgIpc) is 2.39. The smallest absolute Gasteiger partial charge is 0.243 e. The second-order valence-corrected chi connectivity index (χ2v) is 6.80. The highest BCUT2D eigenvalue weighted by molar-refractivity contribution is 8.00. The highest BCUT2D eigenvalue weighted by atomic mass is 32.2. The first-order valence-corrected chi connectivity index (χ1v) is 8.25. The van der Waals surface area contributed by atoms with E-state index < -0.39 is 0 Å². The van der Waals surface area contributed by atoms with Crippen molar-refractivity contribution in [3.05, 3.63) is 0 Å². The monoisotopic (exact) mass is 286 g/mol. The van der Waals surface area contributed by atoms with Crippen molar-refractivity contribution in [3.8, 4) is 0 Å². The van der Waals surface area contributed by atoms with E-state index in [1.807, 2.05) is 13.8 Å². The molecule has 1 aliphatic heterocycles. The largest absolute Gasteiger partial charge is 0.345 e. The maximum Gasteiger partial charge on any atom is 0.243 e. The SMILES string of the molecule is CCC(CC)(CN1C(=O)CNC(=O)C1C(C)C)SC. The maximum absolute atomic E-state index is 12.2. The van der Waals surface area contributed by atoms with Crippen molar-refractivity contribution in [2.75, 3.05) is 19.3 Å². The Balaban J connectivity index is 2.98. The van der Waals surface area contributed by atoms with Crippen LogP contribution in [0, 0.1) is 5.92 Å². The number of piperazine rings is 1. The summed E-state index contributed by atoms with van der Waals surface area (Å²) in [5, 5.41) is 2.70. The van der Waals surface area contributed by atoms with E-state index in [2.05, 4.69) is 25.4 Å². The van der Waals surface area contributed by atoms with Crippen LogP contribution < -0.4 is 5.32 Å². The van der Waals surface area contributed by atoms with Crippen LogP contribution >= 0.6 is 11.8 Å². The van der Waals surface area contributed by atoms with E-state index in [1.54, 1.807) is 16.7 Å². The Morgan fingerprint density at radius 2 is 1.95 bits per heavy atom. The van der Waals surface area contributed by atoms with Crippen molar-refractivity contribution in [1.29, 1.82) is 0 Å². The second-order valence-electron chi connectivity index (χ2n) is 5.52. The van der Waals surface area contributed by atoms with Gasteiger partial charge in [0.05, 0.1) is 6.54 Å². The topological polar surface area (TPSA) is 49.4 Å². The van der Waals surface area contributed by atoms with Gasteiger partial charge in [0.1, 0.15) is 6.04 Å². The first-order chi connectivity index (χ1) is 8.90. The number of hydrogen-bond acceptors (Lipinski definition) is 3. The quantitative estimate of drug-likeness (QED) is 0.811. The van der Waals surface area contributed by atoms with Crippen LogP contribution in [0.3, 0.4) is 0 Å². The van der Waals surface area contributed by atoms with Crippen LogP contribution in [0.4, 0.5) is 0 Å². The van der Waals surface area contributed by atoms with E-state index in [9.17, 15) is 9.59 Å². The second kappa shape index (κ2) is 6.64. The maximum atomic E-state index is 12.2. The lowest BCUT2D eigenvalue weighted by Crippen LogP contribution is -2.62. The number of thioether (sulfide) groups is 1. The normalized spacial score (nSPS) is 20.9. The summed E-state index contributed by atoms with van der Waals surface area (Å²) in [6.07, 6.45) is 4.09. The van der Waals surface area contributed by atoms with E-state index in [0.29, 0.717) is 6.54 Å². The Hall–Kier alpha value is -0.710. The minimum Gasteiger partial charge on any atom is -0.345 e. The summed E-state index contributed by atoms with van der Waals surface area (Å²) in [6.45, 7) is 9.09. The van der Waals surface area contributed by atoms with Crippen molar-refractivity contribution in [1.82, 2.24) is 10.2 Å². The van der Waals surface area contributed by atoms with Crippen LogP contribution in [0.2, 0.25) is 0 Å². The van der Waals surface area contributed by atoms with Gasteiger partial charge in [0.2, 0.25) is 11.8 Å². The fraction of sp³-hybridized carbons (Fsp3) is 0.857. The molecule has 1 unspecified atom stereocenters. The molecule has 1 rings (SSSR count). The van der Waals surface area contributed by atoms with Crippen LogP contribution in [0.5, 0.6) is 0 Å². The third-order valence-corrected chi connectivity index (χ3v) is 5.72. The summed E-state index contributed by atoms with van der Waals surface area (Å²) in [7, 11) is 0. The van der Waals surface area contributed by atoms with Crippen molar-refractivity contribution in [3.63, 3.8) is 0 Å². The molecule has 0 aromatic carbocycles. The van der Waals surface area contributed by atoms with Gasteiger partial charge < -0.3 is 10.2 Å². The van der Waals surface area contributed by atoms with E-state index in [0.717, 1.165) is 12.8 Å². The molecule has 5 heteroatoms. The lowest BCUT2D eigenvalue weighted by atomic mass is 9.95. The number of nitrogens with zero attached hydrogens (tertiary/aromatic N) is 1. The summed E-state index contributed by atoms with van der Waals surface area (Å²) in [5.74, 6) is 0.160. The van der Waals surface area contributed by atoms with Crippen LogP contribution in [-0.4, -0.2) is 46.8 Å². The van der Waals surface area contributed by atoms with Crippen molar-refractivity contribution in [2.24, 2.45) is 5.92 Å². The summed E-state index contributed by atoms with van der Waals surface area (Å²) in [6, 6.07) is -0.328. The molecule has 0 aliphatic carbocycles. The molecule has 1 heterocycles. The Bertz CT molecular complexity index is 332.